The highest BCUT2D eigenvalue weighted by Gasteiger charge is 2.22. The van der Waals surface area contributed by atoms with Crippen LogP contribution in [0.3, 0.4) is 0 Å². The van der Waals surface area contributed by atoms with Gasteiger partial charge in [0.1, 0.15) is 6.54 Å². The maximum absolute atomic E-state index is 13.6. The minimum atomic E-state index is -0.257. The molecule has 8 heteroatoms. The van der Waals surface area contributed by atoms with Crippen molar-refractivity contribution in [3.63, 3.8) is 0 Å². The number of methoxy groups -OCH3 is 2. The van der Waals surface area contributed by atoms with E-state index in [1.54, 1.807) is 30.5 Å². The van der Waals surface area contributed by atoms with Crippen molar-refractivity contribution in [2.75, 3.05) is 39.2 Å². The number of carbonyl (C=O) groups excluding carboxylic acids is 2. The number of hydrogen-bond donors (Lipinski definition) is 1. The normalized spacial score (nSPS) is 10.6. The van der Waals surface area contributed by atoms with Crippen molar-refractivity contribution in [3.05, 3.63) is 76.0 Å². The van der Waals surface area contributed by atoms with Gasteiger partial charge < -0.3 is 24.6 Å². The molecule has 3 rings (SSSR count). The fourth-order valence-electron chi connectivity index (χ4n) is 3.95. The zero-order valence-electron chi connectivity index (χ0n) is 22.2. The summed E-state index contributed by atoms with van der Waals surface area (Å²) in [6.07, 6.45) is 2.41. The van der Waals surface area contributed by atoms with Crippen LogP contribution in [0.1, 0.15) is 35.8 Å². The van der Waals surface area contributed by atoms with Crippen LogP contribution in [0.5, 0.6) is 11.5 Å². The first-order valence-corrected chi connectivity index (χ1v) is 13.5. The first-order chi connectivity index (χ1) is 17.9. The number of urea groups is 1. The van der Waals surface area contributed by atoms with Gasteiger partial charge in [-0.05, 0) is 60.5 Å². The SMILES string of the molecule is CCCCN(CC(=O)N(CCc1ccc(OC)c(OC)c1)Cc1cccs1)C(=O)Nc1ccccc1C. The molecule has 0 aliphatic heterocycles. The minimum Gasteiger partial charge on any atom is -0.493 e. The average molecular weight is 524 g/mol. The molecule has 0 radical (unpaired) electrons. The Labute approximate surface area is 224 Å². The lowest BCUT2D eigenvalue weighted by Gasteiger charge is -2.28. The van der Waals surface area contributed by atoms with E-state index in [4.69, 9.17) is 9.47 Å². The number of aryl methyl sites for hydroxylation is 1. The van der Waals surface area contributed by atoms with Gasteiger partial charge in [0.05, 0.1) is 20.8 Å². The van der Waals surface area contributed by atoms with Crippen molar-refractivity contribution < 1.29 is 19.1 Å². The van der Waals surface area contributed by atoms with Crippen molar-refractivity contribution in [2.45, 2.75) is 39.7 Å². The van der Waals surface area contributed by atoms with Crippen LogP contribution in [0.15, 0.2) is 60.0 Å². The molecule has 1 heterocycles. The Morgan fingerprint density at radius 2 is 1.73 bits per heavy atom. The predicted octanol–water partition coefficient (Wildman–Crippen LogP) is 5.98. The Hall–Kier alpha value is -3.52. The molecular weight excluding hydrogens is 486 g/mol. The summed E-state index contributed by atoms with van der Waals surface area (Å²) in [7, 11) is 3.22. The lowest BCUT2D eigenvalue weighted by Crippen LogP contribution is -2.45. The molecule has 3 amide bonds. The van der Waals surface area contributed by atoms with Crippen LogP contribution in [0.25, 0.3) is 0 Å². The molecule has 1 aromatic heterocycles. The quantitative estimate of drug-likeness (QED) is 0.299. The molecule has 0 saturated carbocycles. The van der Waals surface area contributed by atoms with Crippen molar-refractivity contribution in [3.8, 4) is 11.5 Å². The van der Waals surface area contributed by atoms with Gasteiger partial charge in [0.25, 0.3) is 0 Å². The predicted molar refractivity (Wildman–Crippen MR) is 150 cm³/mol. The van der Waals surface area contributed by atoms with Gasteiger partial charge in [-0.2, -0.15) is 0 Å². The molecule has 0 bridgehead atoms. The average Bonchev–Trinajstić information content (AvgIpc) is 3.43. The second kappa shape index (κ2) is 14.3. The fraction of sp³-hybridized carbons (Fsp3) is 0.379. The third kappa shape index (κ3) is 8.25. The Morgan fingerprint density at radius 1 is 0.946 bits per heavy atom. The van der Waals surface area contributed by atoms with E-state index < -0.39 is 0 Å². The zero-order chi connectivity index (χ0) is 26.6. The summed E-state index contributed by atoms with van der Waals surface area (Å²) in [5.74, 6) is 1.25. The van der Waals surface area contributed by atoms with Crippen molar-refractivity contribution >= 4 is 29.0 Å². The first-order valence-electron chi connectivity index (χ1n) is 12.6. The molecule has 2 aromatic carbocycles. The smallest absolute Gasteiger partial charge is 0.322 e. The molecule has 37 heavy (non-hydrogen) atoms. The number of benzene rings is 2. The molecule has 0 aliphatic carbocycles. The number of amides is 3. The van der Waals surface area contributed by atoms with Crippen LogP contribution in [0.2, 0.25) is 0 Å². The van der Waals surface area contributed by atoms with E-state index in [1.807, 2.05) is 71.8 Å². The number of nitrogens with one attached hydrogen (secondary N) is 1. The summed E-state index contributed by atoms with van der Waals surface area (Å²) < 4.78 is 10.8. The molecule has 7 nitrogen and oxygen atoms in total. The topological polar surface area (TPSA) is 71.1 Å². The second-order valence-electron chi connectivity index (χ2n) is 8.85. The number of thiophene rings is 1. The lowest BCUT2D eigenvalue weighted by molar-refractivity contribution is -0.132. The van der Waals surface area contributed by atoms with E-state index in [1.165, 1.54) is 0 Å². The largest absolute Gasteiger partial charge is 0.493 e. The number of unbranched alkanes of at least 4 members (excludes halogenated alkanes) is 1. The van der Waals surface area contributed by atoms with Gasteiger partial charge in [0.15, 0.2) is 11.5 Å². The van der Waals surface area contributed by atoms with Crippen molar-refractivity contribution in [1.29, 1.82) is 0 Å². The van der Waals surface area contributed by atoms with Crippen molar-refractivity contribution in [2.24, 2.45) is 0 Å². The molecule has 1 N–H and O–H groups in total. The number of carbonyl (C=O) groups is 2. The molecule has 0 spiro atoms. The number of nitrogens with zero attached hydrogens (tertiary/aromatic N) is 2. The maximum atomic E-state index is 13.6. The number of anilines is 1. The van der Waals surface area contributed by atoms with Gasteiger partial charge >= 0.3 is 6.03 Å². The molecule has 0 fully saturated rings. The van der Waals surface area contributed by atoms with Crippen LogP contribution in [-0.2, 0) is 17.8 Å². The van der Waals surface area contributed by atoms with Gasteiger partial charge in [-0.3, -0.25) is 4.79 Å². The fourth-order valence-corrected chi connectivity index (χ4v) is 4.67. The van der Waals surface area contributed by atoms with Gasteiger partial charge in [0, 0.05) is 23.7 Å². The third-order valence-corrected chi connectivity index (χ3v) is 7.04. The molecule has 0 unspecified atom stereocenters. The van der Waals surface area contributed by atoms with E-state index in [9.17, 15) is 9.59 Å². The van der Waals surface area contributed by atoms with Crippen LogP contribution in [0.4, 0.5) is 10.5 Å². The molecule has 0 atom stereocenters. The van der Waals surface area contributed by atoms with Gasteiger partial charge in [0.2, 0.25) is 5.91 Å². The molecule has 3 aromatic rings. The highest BCUT2D eigenvalue weighted by atomic mass is 32.1. The number of rotatable bonds is 13. The molecule has 198 valence electrons. The summed E-state index contributed by atoms with van der Waals surface area (Å²) in [4.78, 5) is 31.3. The summed E-state index contributed by atoms with van der Waals surface area (Å²) >= 11 is 1.62. The molecular formula is C29H37N3O4S. The van der Waals surface area contributed by atoms with Gasteiger partial charge in [-0.15, -0.1) is 11.3 Å². The summed E-state index contributed by atoms with van der Waals surface area (Å²) in [5.41, 5.74) is 2.78. The highest BCUT2D eigenvalue weighted by Crippen LogP contribution is 2.28. The number of hydrogen-bond acceptors (Lipinski definition) is 5. The van der Waals surface area contributed by atoms with E-state index >= 15 is 0 Å². The Morgan fingerprint density at radius 3 is 2.41 bits per heavy atom. The second-order valence-corrected chi connectivity index (χ2v) is 9.89. The Balaban J connectivity index is 1.74. The molecule has 0 aliphatic rings. The van der Waals surface area contributed by atoms with Crippen LogP contribution < -0.4 is 14.8 Å². The van der Waals surface area contributed by atoms with E-state index in [0.717, 1.165) is 34.5 Å². The van der Waals surface area contributed by atoms with E-state index in [-0.39, 0.29) is 18.5 Å². The van der Waals surface area contributed by atoms with E-state index in [2.05, 4.69) is 12.2 Å². The van der Waals surface area contributed by atoms with Crippen LogP contribution in [-0.4, -0.2) is 55.6 Å². The monoisotopic (exact) mass is 523 g/mol. The highest BCUT2D eigenvalue weighted by molar-refractivity contribution is 7.09. The number of para-hydroxylation sites is 1. The summed E-state index contributed by atoms with van der Waals surface area (Å²) in [6, 6.07) is 17.2. The third-order valence-electron chi connectivity index (χ3n) is 6.18. The van der Waals surface area contributed by atoms with E-state index in [0.29, 0.717) is 37.6 Å². The van der Waals surface area contributed by atoms with Crippen LogP contribution >= 0.6 is 11.3 Å². The number of ether oxygens (including phenoxy) is 2. The van der Waals surface area contributed by atoms with Gasteiger partial charge in [-0.25, -0.2) is 4.79 Å². The molecule has 0 saturated heterocycles. The standard InChI is InChI=1S/C29H37N3O4S/c1-5-6-16-32(29(34)30-25-12-8-7-10-22(25)2)21-28(33)31(20-24-11-9-18-37-24)17-15-23-13-14-26(35-3)27(19-23)36-4/h7-14,18-19H,5-6,15-17,20-21H2,1-4H3,(H,30,34). The first kappa shape index (κ1) is 28.1. The lowest BCUT2D eigenvalue weighted by atomic mass is 10.1. The minimum absolute atomic E-state index is 0.0228. The Bertz CT molecular complexity index is 1150. The summed E-state index contributed by atoms with van der Waals surface area (Å²) in [5, 5.41) is 4.99. The zero-order valence-corrected chi connectivity index (χ0v) is 23.0. The Kier molecular flexibility index (Phi) is 10.8. The van der Waals surface area contributed by atoms with Crippen molar-refractivity contribution in [1.82, 2.24) is 9.80 Å². The maximum Gasteiger partial charge on any atom is 0.322 e. The van der Waals surface area contributed by atoms with Crippen LogP contribution in [0, 0.1) is 6.92 Å². The summed E-state index contributed by atoms with van der Waals surface area (Å²) in [6.45, 7) is 5.59. The van der Waals surface area contributed by atoms with Gasteiger partial charge in [-0.1, -0.05) is 43.7 Å².